The number of Topliss-reactive ketones (excluding diaryl/α,β-unsaturated/α-hetero) is 1. The molecule has 0 radical (unpaired) electrons. The normalized spacial score (nSPS) is 15.0. The van der Waals surface area contributed by atoms with E-state index in [1.165, 1.54) is 7.11 Å². The van der Waals surface area contributed by atoms with Gasteiger partial charge in [0.15, 0.2) is 17.3 Å². The number of rotatable bonds is 3. The smallest absolute Gasteiger partial charge is 0.189 e. The van der Waals surface area contributed by atoms with Crippen molar-refractivity contribution in [3.63, 3.8) is 0 Å². The average Bonchev–Trinajstić information content (AvgIpc) is 2.84. The number of hydrogen-bond donors (Lipinski definition) is 1. The number of hydrogen-bond acceptors (Lipinski definition) is 4. The van der Waals surface area contributed by atoms with Gasteiger partial charge in [0.25, 0.3) is 0 Å². The minimum absolute atomic E-state index is 0.0321. The summed E-state index contributed by atoms with van der Waals surface area (Å²) in [4.78, 5) is 12.4. The molecule has 1 aliphatic rings. The highest BCUT2D eigenvalue weighted by atomic mass is 16.5. The Balaban J connectivity index is 1.95. The SMILES string of the molecule is COc1ccc2c(c1)C/C(=C\c1ccc(O)c(OC)c1)C2=O. The van der Waals surface area contributed by atoms with E-state index in [0.717, 1.165) is 28.0 Å². The van der Waals surface area contributed by atoms with Gasteiger partial charge < -0.3 is 14.6 Å². The second-order valence-corrected chi connectivity index (χ2v) is 5.13. The molecule has 0 saturated carbocycles. The van der Waals surface area contributed by atoms with Crippen LogP contribution in [0, 0.1) is 0 Å². The number of carbonyl (C=O) groups is 1. The maximum atomic E-state index is 12.4. The Bertz CT molecular complexity index is 775. The molecule has 2 aromatic rings. The largest absolute Gasteiger partial charge is 0.504 e. The third-order valence-corrected chi connectivity index (χ3v) is 3.77. The fourth-order valence-corrected chi connectivity index (χ4v) is 2.63. The predicted octanol–water partition coefficient (Wildman–Crippen LogP) is 3.23. The Labute approximate surface area is 128 Å². The van der Waals surface area contributed by atoms with E-state index in [4.69, 9.17) is 9.47 Å². The van der Waals surface area contributed by atoms with Crippen molar-refractivity contribution in [2.24, 2.45) is 0 Å². The summed E-state index contributed by atoms with van der Waals surface area (Å²) >= 11 is 0. The van der Waals surface area contributed by atoms with Gasteiger partial charge in [-0.25, -0.2) is 0 Å². The molecular formula is C18H16O4. The van der Waals surface area contributed by atoms with Gasteiger partial charge in [0.1, 0.15) is 5.75 Å². The molecule has 0 bridgehead atoms. The zero-order chi connectivity index (χ0) is 15.7. The molecule has 4 nitrogen and oxygen atoms in total. The Hall–Kier alpha value is -2.75. The molecule has 0 amide bonds. The standard InChI is InChI=1S/C18H16O4/c1-21-14-4-5-15-12(10-14)9-13(18(15)20)7-11-3-6-16(19)17(8-11)22-2/h3-8,10,19H,9H2,1-2H3/b13-7+. The van der Waals surface area contributed by atoms with Crippen LogP contribution in [0.2, 0.25) is 0 Å². The van der Waals surface area contributed by atoms with Gasteiger partial charge in [0.2, 0.25) is 0 Å². The van der Waals surface area contributed by atoms with Crippen LogP contribution in [0.3, 0.4) is 0 Å². The predicted molar refractivity (Wildman–Crippen MR) is 83.7 cm³/mol. The fourth-order valence-electron chi connectivity index (χ4n) is 2.63. The number of aromatic hydroxyl groups is 1. The van der Waals surface area contributed by atoms with Gasteiger partial charge in [-0.1, -0.05) is 6.07 Å². The van der Waals surface area contributed by atoms with Gasteiger partial charge in [0.05, 0.1) is 14.2 Å². The number of phenols is 1. The number of benzene rings is 2. The van der Waals surface area contributed by atoms with E-state index in [0.29, 0.717) is 12.2 Å². The van der Waals surface area contributed by atoms with Crippen LogP contribution in [0.15, 0.2) is 42.0 Å². The summed E-state index contributed by atoms with van der Waals surface area (Å²) in [5.41, 5.74) is 3.23. The topological polar surface area (TPSA) is 55.8 Å². The first-order valence-corrected chi connectivity index (χ1v) is 6.91. The molecule has 0 aliphatic heterocycles. The quantitative estimate of drug-likeness (QED) is 0.884. The number of ketones is 1. The number of ether oxygens (including phenoxy) is 2. The molecule has 0 heterocycles. The van der Waals surface area contributed by atoms with E-state index in [2.05, 4.69) is 0 Å². The summed E-state index contributed by atoms with van der Waals surface area (Å²) < 4.78 is 10.3. The zero-order valence-corrected chi connectivity index (χ0v) is 12.4. The van der Waals surface area contributed by atoms with Crippen molar-refractivity contribution in [2.75, 3.05) is 14.2 Å². The van der Waals surface area contributed by atoms with Crippen LogP contribution < -0.4 is 9.47 Å². The van der Waals surface area contributed by atoms with Crippen molar-refractivity contribution in [3.05, 3.63) is 58.7 Å². The molecule has 2 aromatic carbocycles. The first-order valence-electron chi connectivity index (χ1n) is 6.91. The second kappa shape index (κ2) is 5.56. The lowest BCUT2D eigenvalue weighted by Crippen LogP contribution is -1.95. The molecular weight excluding hydrogens is 280 g/mol. The van der Waals surface area contributed by atoms with E-state index in [1.54, 1.807) is 37.4 Å². The Kier molecular flexibility index (Phi) is 3.59. The molecule has 1 N–H and O–H groups in total. The third-order valence-electron chi connectivity index (χ3n) is 3.77. The molecule has 0 saturated heterocycles. The van der Waals surface area contributed by atoms with Gasteiger partial charge in [-0.2, -0.15) is 0 Å². The van der Waals surface area contributed by atoms with Gasteiger partial charge in [0, 0.05) is 17.6 Å². The summed E-state index contributed by atoms with van der Waals surface area (Å²) in [5.74, 6) is 1.25. The lowest BCUT2D eigenvalue weighted by atomic mass is 10.1. The molecule has 1 aliphatic carbocycles. The number of carbonyl (C=O) groups excluding carboxylic acids is 1. The van der Waals surface area contributed by atoms with Crippen LogP contribution in [0.4, 0.5) is 0 Å². The molecule has 3 rings (SSSR count). The van der Waals surface area contributed by atoms with Gasteiger partial charge >= 0.3 is 0 Å². The third kappa shape index (κ3) is 2.44. The van der Waals surface area contributed by atoms with Crippen molar-refractivity contribution in [1.29, 1.82) is 0 Å². The maximum Gasteiger partial charge on any atom is 0.189 e. The van der Waals surface area contributed by atoms with Crippen LogP contribution in [0.25, 0.3) is 6.08 Å². The Morgan fingerprint density at radius 3 is 2.64 bits per heavy atom. The second-order valence-electron chi connectivity index (χ2n) is 5.13. The first kappa shape index (κ1) is 14.2. The van der Waals surface area contributed by atoms with Crippen molar-refractivity contribution < 1.29 is 19.4 Å². The van der Waals surface area contributed by atoms with Crippen molar-refractivity contribution in [2.45, 2.75) is 6.42 Å². The Morgan fingerprint density at radius 1 is 1.09 bits per heavy atom. The zero-order valence-electron chi connectivity index (χ0n) is 12.4. The van der Waals surface area contributed by atoms with Crippen molar-refractivity contribution in [1.82, 2.24) is 0 Å². The molecule has 22 heavy (non-hydrogen) atoms. The van der Waals surface area contributed by atoms with Gasteiger partial charge in [-0.15, -0.1) is 0 Å². The lowest BCUT2D eigenvalue weighted by molar-refractivity contribution is 0.104. The van der Waals surface area contributed by atoms with E-state index < -0.39 is 0 Å². The summed E-state index contributed by atoms with van der Waals surface area (Å²) in [7, 11) is 3.10. The molecule has 0 spiro atoms. The summed E-state index contributed by atoms with van der Waals surface area (Å²) in [6, 6.07) is 10.5. The average molecular weight is 296 g/mol. The van der Waals surface area contributed by atoms with Crippen LogP contribution in [0.1, 0.15) is 21.5 Å². The molecule has 4 heteroatoms. The molecule has 112 valence electrons. The van der Waals surface area contributed by atoms with Gasteiger partial charge in [-0.3, -0.25) is 4.79 Å². The van der Waals surface area contributed by atoms with E-state index in [9.17, 15) is 9.90 Å². The van der Waals surface area contributed by atoms with Crippen LogP contribution >= 0.6 is 0 Å². The van der Waals surface area contributed by atoms with Gasteiger partial charge in [-0.05, 0) is 47.5 Å². The van der Waals surface area contributed by atoms with E-state index in [-0.39, 0.29) is 11.5 Å². The number of fused-ring (bicyclic) bond motifs is 1. The van der Waals surface area contributed by atoms with E-state index >= 15 is 0 Å². The van der Waals surface area contributed by atoms with Crippen LogP contribution in [-0.4, -0.2) is 25.1 Å². The number of phenolic OH excluding ortho intramolecular Hbond substituents is 1. The monoisotopic (exact) mass is 296 g/mol. The fraction of sp³-hybridized carbons (Fsp3) is 0.167. The number of methoxy groups -OCH3 is 2. The summed E-state index contributed by atoms with van der Waals surface area (Å²) in [6.07, 6.45) is 2.41. The van der Waals surface area contributed by atoms with Crippen LogP contribution in [-0.2, 0) is 6.42 Å². The number of allylic oxidation sites excluding steroid dienone is 1. The maximum absolute atomic E-state index is 12.4. The van der Waals surface area contributed by atoms with Crippen molar-refractivity contribution in [3.8, 4) is 17.2 Å². The first-order chi connectivity index (χ1) is 10.6. The molecule has 0 atom stereocenters. The highest BCUT2D eigenvalue weighted by Gasteiger charge is 2.25. The molecule has 0 fully saturated rings. The highest BCUT2D eigenvalue weighted by molar-refractivity contribution is 6.15. The Morgan fingerprint density at radius 2 is 1.91 bits per heavy atom. The minimum Gasteiger partial charge on any atom is -0.504 e. The summed E-state index contributed by atoms with van der Waals surface area (Å²) in [5, 5.41) is 9.62. The van der Waals surface area contributed by atoms with E-state index in [1.807, 2.05) is 12.1 Å². The molecule has 0 unspecified atom stereocenters. The van der Waals surface area contributed by atoms with Crippen LogP contribution in [0.5, 0.6) is 17.2 Å². The molecule has 0 aromatic heterocycles. The minimum atomic E-state index is 0.0321. The lowest BCUT2D eigenvalue weighted by Gasteiger charge is -2.04. The van der Waals surface area contributed by atoms with Crippen molar-refractivity contribution >= 4 is 11.9 Å². The summed E-state index contributed by atoms with van der Waals surface area (Å²) in [6.45, 7) is 0. The highest BCUT2D eigenvalue weighted by Crippen LogP contribution is 2.32.